The Labute approximate surface area is 101 Å². The zero-order valence-electron chi connectivity index (χ0n) is 10.1. The minimum absolute atomic E-state index is 0.190. The molecule has 1 N–H and O–H groups in total. The zero-order valence-corrected chi connectivity index (χ0v) is 10.1. The van der Waals surface area contributed by atoms with Crippen molar-refractivity contribution < 1.29 is 14.6 Å². The first-order valence-electron chi connectivity index (χ1n) is 6.09. The minimum atomic E-state index is -0.316. The van der Waals surface area contributed by atoms with Gasteiger partial charge in [0.05, 0.1) is 13.0 Å². The Morgan fingerprint density at radius 1 is 1.35 bits per heavy atom. The molecule has 0 amide bonds. The number of aromatic hydroxyl groups is 1. The van der Waals surface area contributed by atoms with Crippen molar-refractivity contribution in [3.63, 3.8) is 0 Å². The molecule has 1 saturated carbocycles. The molecule has 1 fully saturated rings. The number of carbonyl (C=O) groups is 1. The van der Waals surface area contributed by atoms with Crippen LogP contribution in [0.15, 0.2) is 24.3 Å². The molecule has 0 saturated heterocycles. The minimum Gasteiger partial charge on any atom is -0.508 e. The van der Waals surface area contributed by atoms with Crippen LogP contribution in [0.4, 0.5) is 0 Å². The molecule has 17 heavy (non-hydrogen) atoms. The molecule has 0 radical (unpaired) electrons. The topological polar surface area (TPSA) is 46.5 Å². The largest absolute Gasteiger partial charge is 0.508 e. The van der Waals surface area contributed by atoms with Crippen molar-refractivity contribution in [1.29, 1.82) is 0 Å². The summed E-state index contributed by atoms with van der Waals surface area (Å²) in [6, 6.07) is 7.05. The van der Waals surface area contributed by atoms with Crippen molar-refractivity contribution in [2.75, 3.05) is 7.11 Å². The monoisotopic (exact) mass is 234 g/mol. The van der Waals surface area contributed by atoms with Crippen LogP contribution in [0.2, 0.25) is 0 Å². The van der Waals surface area contributed by atoms with E-state index in [1.807, 2.05) is 12.1 Å². The van der Waals surface area contributed by atoms with Crippen molar-refractivity contribution in [3.05, 3.63) is 29.8 Å². The fourth-order valence-corrected chi connectivity index (χ4v) is 2.74. The zero-order chi connectivity index (χ0) is 12.3. The Kier molecular flexibility index (Phi) is 3.67. The lowest BCUT2D eigenvalue weighted by Crippen LogP contribution is -2.21. The van der Waals surface area contributed by atoms with Crippen LogP contribution in [0, 0.1) is 5.92 Å². The first-order chi connectivity index (χ1) is 8.24. The highest BCUT2D eigenvalue weighted by molar-refractivity contribution is 5.79. The maximum Gasteiger partial charge on any atom is 0.313 e. The summed E-state index contributed by atoms with van der Waals surface area (Å²) in [5.74, 6) is -0.0624. The van der Waals surface area contributed by atoms with Gasteiger partial charge in [-0.1, -0.05) is 31.0 Å². The number of rotatable bonds is 3. The summed E-state index contributed by atoms with van der Waals surface area (Å²) in [5, 5.41) is 9.88. The van der Waals surface area contributed by atoms with Crippen LogP contribution in [-0.4, -0.2) is 18.2 Å². The predicted octanol–water partition coefficient (Wildman–Crippen LogP) is 2.84. The average molecular weight is 234 g/mol. The van der Waals surface area contributed by atoms with Gasteiger partial charge in [0.2, 0.25) is 0 Å². The van der Waals surface area contributed by atoms with Crippen LogP contribution >= 0.6 is 0 Å². The molecular weight excluding hydrogens is 216 g/mol. The van der Waals surface area contributed by atoms with Crippen LogP contribution in [-0.2, 0) is 9.53 Å². The summed E-state index contributed by atoms with van der Waals surface area (Å²) >= 11 is 0. The van der Waals surface area contributed by atoms with Gasteiger partial charge in [0.1, 0.15) is 5.75 Å². The second kappa shape index (κ2) is 5.21. The molecule has 2 rings (SSSR count). The highest BCUT2D eigenvalue weighted by atomic mass is 16.5. The number of para-hydroxylation sites is 1. The maximum atomic E-state index is 11.9. The van der Waals surface area contributed by atoms with Crippen LogP contribution in [0.1, 0.15) is 37.2 Å². The molecule has 92 valence electrons. The number of benzene rings is 1. The molecule has 0 spiro atoms. The Hall–Kier alpha value is -1.51. The number of phenols is 1. The number of ether oxygens (including phenoxy) is 1. The molecule has 1 aliphatic carbocycles. The number of phenolic OH excluding ortho intramolecular Hbond substituents is 1. The Bertz CT molecular complexity index is 394. The van der Waals surface area contributed by atoms with E-state index >= 15 is 0 Å². The van der Waals surface area contributed by atoms with Gasteiger partial charge in [-0.2, -0.15) is 0 Å². The van der Waals surface area contributed by atoms with Gasteiger partial charge >= 0.3 is 5.97 Å². The molecular formula is C14H18O3. The molecule has 1 aromatic rings. The van der Waals surface area contributed by atoms with E-state index in [9.17, 15) is 9.90 Å². The molecule has 0 aliphatic heterocycles. The van der Waals surface area contributed by atoms with Crippen LogP contribution in [0.5, 0.6) is 5.75 Å². The molecule has 3 nitrogen and oxygen atoms in total. The SMILES string of the molecule is COC(=O)[C@H](c1ccccc1O)C1CCCC1. The highest BCUT2D eigenvalue weighted by Gasteiger charge is 2.34. The predicted molar refractivity (Wildman–Crippen MR) is 64.8 cm³/mol. The van der Waals surface area contributed by atoms with E-state index in [4.69, 9.17) is 4.74 Å². The first-order valence-corrected chi connectivity index (χ1v) is 6.09. The van der Waals surface area contributed by atoms with Gasteiger partial charge in [0.25, 0.3) is 0 Å². The highest BCUT2D eigenvalue weighted by Crippen LogP contribution is 2.40. The molecule has 0 heterocycles. The van der Waals surface area contributed by atoms with E-state index in [-0.39, 0.29) is 17.6 Å². The van der Waals surface area contributed by atoms with Crippen LogP contribution < -0.4 is 0 Å². The van der Waals surface area contributed by atoms with Crippen molar-refractivity contribution in [2.24, 2.45) is 5.92 Å². The smallest absolute Gasteiger partial charge is 0.313 e. The van der Waals surface area contributed by atoms with Gasteiger partial charge in [-0.3, -0.25) is 4.79 Å². The van der Waals surface area contributed by atoms with Gasteiger partial charge < -0.3 is 9.84 Å². The third-order valence-electron chi connectivity index (χ3n) is 3.60. The Morgan fingerprint density at radius 3 is 2.59 bits per heavy atom. The number of methoxy groups -OCH3 is 1. The molecule has 0 unspecified atom stereocenters. The molecule has 1 aliphatic rings. The average Bonchev–Trinajstić information content (AvgIpc) is 2.85. The molecule has 1 atom stereocenters. The van der Waals surface area contributed by atoms with Crippen LogP contribution in [0.25, 0.3) is 0 Å². The lowest BCUT2D eigenvalue weighted by molar-refractivity contribution is -0.143. The molecule has 1 aromatic carbocycles. The van der Waals surface area contributed by atoms with E-state index < -0.39 is 0 Å². The van der Waals surface area contributed by atoms with Crippen LogP contribution in [0.3, 0.4) is 0 Å². The summed E-state index contributed by atoms with van der Waals surface area (Å²) in [4.78, 5) is 11.9. The standard InChI is InChI=1S/C14H18O3/c1-17-14(16)13(10-6-2-3-7-10)11-8-4-5-9-12(11)15/h4-5,8-10,13,15H,2-3,6-7H2,1H3/t13-/m0/s1. The third-order valence-corrected chi connectivity index (χ3v) is 3.60. The number of esters is 1. The van der Waals surface area contributed by atoms with Crippen molar-refractivity contribution in [3.8, 4) is 5.75 Å². The van der Waals surface area contributed by atoms with E-state index in [0.717, 1.165) is 25.7 Å². The maximum absolute atomic E-state index is 11.9. The Balaban J connectivity index is 2.32. The fourth-order valence-electron chi connectivity index (χ4n) is 2.74. The van der Waals surface area contributed by atoms with E-state index in [1.54, 1.807) is 12.1 Å². The first kappa shape index (κ1) is 12.0. The second-order valence-corrected chi connectivity index (χ2v) is 4.60. The molecule has 0 bridgehead atoms. The summed E-state index contributed by atoms with van der Waals surface area (Å²) in [7, 11) is 1.41. The number of hydrogen-bond donors (Lipinski definition) is 1. The lowest BCUT2D eigenvalue weighted by atomic mass is 9.84. The normalized spacial score (nSPS) is 17.9. The number of hydrogen-bond acceptors (Lipinski definition) is 3. The molecule has 3 heteroatoms. The van der Waals surface area contributed by atoms with Gasteiger partial charge in [-0.25, -0.2) is 0 Å². The summed E-state index contributed by atoms with van der Waals surface area (Å²) in [6.45, 7) is 0. The van der Waals surface area contributed by atoms with E-state index in [1.165, 1.54) is 7.11 Å². The lowest BCUT2D eigenvalue weighted by Gasteiger charge is -2.22. The summed E-state index contributed by atoms with van der Waals surface area (Å²) in [5.41, 5.74) is 0.700. The number of carbonyl (C=O) groups excluding carboxylic acids is 1. The quantitative estimate of drug-likeness (QED) is 0.818. The van der Waals surface area contributed by atoms with E-state index in [2.05, 4.69) is 0 Å². The summed E-state index contributed by atoms with van der Waals surface area (Å²) < 4.78 is 4.88. The van der Waals surface area contributed by atoms with Gasteiger partial charge in [-0.05, 0) is 24.8 Å². The van der Waals surface area contributed by atoms with Crippen molar-refractivity contribution in [1.82, 2.24) is 0 Å². The fraction of sp³-hybridized carbons (Fsp3) is 0.500. The van der Waals surface area contributed by atoms with Gasteiger partial charge in [0.15, 0.2) is 0 Å². The Morgan fingerprint density at radius 2 is 2.00 bits per heavy atom. The second-order valence-electron chi connectivity index (χ2n) is 4.60. The molecule has 0 aromatic heterocycles. The van der Waals surface area contributed by atoms with Gasteiger partial charge in [-0.15, -0.1) is 0 Å². The van der Waals surface area contributed by atoms with E-state index in [0.29, 0.717) is 11.5 Å². The summed E-state index contributed by atoms with van der Waals surface area (Å²) in [6.07, 6.45) is 4.39. The van der Waals surface area contributed by atoms with Gasteiger partial charge in [0, 0.05) is 5.56 Å². The van der Waals surface area contributed by atoms with Crippen molar-refractivity contribution >= 4 is 5.97 Å². The third kappa shape index (κ3) is 2.43. The van der Waals surface area contributed by atoms with Crippen molar-refractivity contribution in [2.45, 2.75) is 31.6 Å².